The first-order valence-corrected chi connectivity index (χ1v) is 5.68. The van der Waals surface area contributed by atoms with E-state index in [1.165, 1.54) is 19.9 Å². The Morgan fingerprint density at radius 2 is 1.19 bits per heavy atom. The minimum absolute atomic E-state index is 0.176. The SMILES string of the molecule is C=C(C)C(=O)O.C=C(C)C(=O)O.C=CCOC(=O)C(=C)C. The number of hydrogen-bond donors (Lipinski definition) is 2. The first-order valence-electron chi connectivity index (χ1n) is 5.68. The van der Waals surface area contributed by atoms with Crippen LogP contribution < -0.4 is 0 Å². The van der Waals surface area contributed by atoms with Gasteiger partial charge in [-0.05, 0) is 20.8 Å². The number of carbonyl (C=O) groups is 3. The van der Waals surface area contributed by atoms with Crippen LogP contribution in [-0.4, -0.2) is 34.7 Å². The van der Waals surface area contributed by atoms with Crippen molar-refractivity contribution < 1.29 is 29.3 Å². The fourth-order valence-corrected chi connectivity index (χ4v) is 0.258. The second-order valence-corrected chi connectivity index (χ2v) is 3.84. The molecular weight excluding hydrogens is 276 g/mol. The van der Waals surface area contributed by atoms with E-state index in [-0.39, 0.29) is 23.7 Å². The van der Waals surface area contributed by atoms with Crippen LogP contribution in [0.5, 0.6) is 0 Å². The summed E-state index contributed by atoms with van der Waals surface area (Å²) in [6, 6.07) is 0. The Hall–Kier alpha value is -2.63. The van der Waals surface area contributed by atoms with E-state index in [0.29, 0.717) is 5.57 Å². The Labute approximate surface area is 124 Å². The van der Waals surface area contributed by atoms with Gasteiger partial charge in [-0.15, -0.1) is 0 Å². The zero-order chi connectivity index (χ0) is 17.6. The predicted molar refractivity (Wildman–Crippen MR) is 80.9 cm³/mol. The molecule has 0 saturated heterocycles. The van der Waals surface area contributed by atoms with Crippen molar-refractivity contribution in [3.8, 4) is 0 Å². The van der Waals surface area contributed by atoms with E-state index in [9.17, 15) is 14.4 Å². The molecule has 0 aliphatic carbocycles. The summed E-state index contributed by atoms with van der Waals surface area (Å²) in [6.45, 7) is 17.8. The van der Waals surface area contributed by atoms with E-state index in [2.05, 4.69) is 31.1 Å². The van der Waals surface area contributed by atoms with Crippen molar-refractivity contribution in [2.24, 2.45) is 0 Å². The predicted octanol–water partition coefficient (Wildman–Crippen LogP) is 2.59. The number of ether oxygens (including phenoxy) is 1. The van der Waals surface area contributed by atoms with Crippen molar-refractivity contribution in [2.75, 3.05) is 6.61 Å². The zero-order valence-electron chi connectivity index (χ0n) is 12.6. The Kier molecular flexibility index (Phi) is 15.4. The van der Waals surface area contributed by atoms with Crippen LogP contribution in [0.1, 0.15) is 20.8 Å². The van der Waals surface area contributed by atoms with Crippen LogP contribution in [0.4, 0.5) is 0 Å². The molecule has 0 aromatic carbocycles. The highest BCUT2D eigenvalue weighted by Gasteiger charge is 1.98. The van der Waals surface area contributed by atoms with Crippen LogP contribution in [0.2, 0.25) is 0 Å². The molecule has 0 unspecified atom stereocenters. The Bertz CT molecular complexity index is 383. The third-order valence-electron chi connectivity index (χ3n) is 1.41. The van der Waals surface area contributed by atoms with E-state index in [1.807, 2.05) is 0 Å². The molecule has 0 atom stereocenters. The molecule has 0 spiro atoms. The number of carbonyl (C=O) groups excluding carboxylic acids is 1. The van der Waals surface area contributed by atoms with Crippen molar-refractivity contribution in [1.82, 2.24) is 0 Å². The van der Waals surface area contributed by atoms with E-state index >= 15 is 0 Å². The van der Waals surface area contributed by atoms with E-state index in [1.54, 1.807) is 6.92 Å². The summed E-state index contributed by atoms with van der Waals surface area (Å²) in [5, 5.41) is 15.8. The van der Waals surface area contributed by atoms with Crippen LogP contribution in [-0.2, 0) is 19.1 Å². The lowest BCUT2D eigenvalue weighted by atomic mass is 10.4. The summed E-state index contributed by atoms with van der Waals surface area (Å²) in [6.07, 6.45) is 1.51. The number of esters is 1. The van der Waals surface area contributed by atoms with Gasteiger partial charge < -0.3 is 14.9 Å². The molecule has 0 radical (unpaired) electrons. The highest BCUT2D eigenvalue weighted by atomic mass is 16.5. The molecule has 0 fully saturated rings. The molecule has 0 heterocycles. The summed E-state index contributed by atoms with van der Waals surface area (Å²) in [5.74, 6) is -2.24. The van der Waals surface area contributed by atoms with Crippen LogP contribution >= 0.6 is 0 Å². The van der Waals surface area contributed by atoms with Gasteiger partial charge in [-0.1, -0.05) is 32.4 Å². The molecule has 6 heteroatoms. The molecule has 0 aliphatic heterocycles. The first kappa shape index (κ1) is 23.5. The van der Waals surface area contributed by atoms with Gasteiger partial charge in [0.05, 0.1) is 0 Å². The molecule has 0 rings (SSSR count). The molecule has 2 N–H and O–H groups in total. The Morgan fingerprint density at radius 1 is 0.905 bits per heavy atom. The minimum Gasteiger partial charge on any atom is -0.478 e. The molecule has 0 aliphatic rings. The van der Waals surface area contributed by atoms with Gasteiger partial charge >= 0.3 is 17.9 Å². The van der Waals surface area contributed by atoms with Crippen molar-refractivity contribution in [3.05, 3.63) is 49.1 Å². The molecule has 21 heavy (non-hydrogen) atoms. The summed E-state index contributed by atoms with van der Waals surface area (Å²) >= 11 is 0. The van der Waals surface area contributed by atoms with Gasteiger partial charge in [0.1, 0.15) is 6.61 Å². The molecule has 0 aromatic heterocycles. The van der Waals surface area contributed by atoms with Crippen molar-refractivity contribution in [2.45, 2.75) is 20.8 Å². The van der Waals surface area contributed by atoms with Gasteiger partial charge in [0, 0.05) is 16.7 Å². The third kappa shape index (κ3) is 23.0. The smallest absolute Gasteiger partial charge is 0.333 e. The number of rotatable bonds is 5. The standard InChI is InChI=1S/C7H10O2.2C4H6O2/c1-4-5-9-7(8)6(2)3;2*1-3(2)4(5)6/h4H,1-2,5H2,3H3;2*1H2,2H3,(H,5,6). The molecule has 0 aromatic rings. The van der Waals surface area contributed by atoms with Crippen LogP contribution in [0.15, 0.2) is 49.1 Å². The van der Waals surface area contributed by atoms with E-state index < -0.39 is 11.9 Å². The normalized spacial score (nSPS) is 7.76. The van der Waals surface area contributed by atoms with Gasteiger partial charge in [-0.25, -0.2) is 14.4 Å². The van der Waals surface area contributed by atoms with Gasteiger partial charge in [0.15, 0.2) is 0 Å². The maximum absolute atomic E-state index is 10.5. The topological polar surface area (TPSA) is 101 Å². The van der Waals surface area contributed by atoms with Crippen LogP contribution in [0.25, 0.3) is 0 Å². The average molecular weight is 298 g/mol. The average Bonchev–Trinajstić information content (AvgIpc) is 2.36. The monoisotopic (exact) mass is 298 g/mol. The lowest BCUT2D eigenvalue weighted by Crippen LogP contribution is -2.03. The van der Waals surface area contributed by atoms with Crippen LogP contribution in [0, 0.1) is 0 Å². The summed E-state index contributed by atoms with van der Waals surface area (Å²) in [5.41, 5.74) is 0.766. The number of hydrogen-bond acceptors (Lipinski definition) is 4. The van der Waals surface area contributed by atoms with Crippen molar-refractivity contribution >= 4 is 17.9 Å². The van der Waals surface area contributed by atoms with Crippen molar-refractivity contribution in [3.63, 3.8) is 0 Å². The highest BCUT2D eigenvalue weighted by molar-refractivity contribution is 5.87. The van der Waals surface area contributed by atoms with E-state index in [4.69, 9.17) is 10.2 Å². The first-order chi connectivity index (χ1) is 9.47. The fourth-order valence-electron chi connectivity index (χ4n) is 0.258. The lowest BCUT2D eigenvalue weighted by Gasteiger charge is -1.97. The number of aliphatic carboxylic acids is 2. The second-order valence-electron chi connectivity index (χ2n) is 3.84. The van der Waals surface area contributed by atoms with Gasteiger partial charge in [0.2, 0.25) is 0 Å². The minimum atomic E-state index is -0.935. The number of carboxylic acids is 2. The van der Waals surface area contributed by atoms with Crippen LogP contribution in [0.3, 0.4) is 0 Å². The van der Waals surface area contributed by atoms with Gasteiger partial charge in [-0.3, -0.25) is 0 Å². The molecule has 0 amide bonds. The van der Waals surface area contributed by atoms with Crippen molar-refractivity contribution in [1.29, 1.82) is 0 Å². The highest BCUT2D eigenvalue weighted by Crippen LogP contribution is 1.90. The largest absolute Gasteiger partial charge is 0.478 e. The molecule has 0 bridgehead atoms. The molecule has 118 valence electrons. The fraction of sp³-hybridized carbons (Fsp3) is 0.267. The van der Waals surface area contributed by atoms with Gasteiger partial charge in [-0.2, -0.15) is 0 Å². The third-order valence-corrected chi connectivity index (χ3v) is 1.41. The number of carboxylic acid groups (broad SMARTS) is 2. The second kappa shape index (κ2) is 13.8. The quantitative estimate of drug-likeness (QED) is 0.459. The van der Waals surface area contributed by atoms with E-state index in [0.717, 1.165) is 0 Å². The maximum atomic E-state index is 10.5. The Balaban J connectivity index is -0.000000240. The zero-order valence-corrected chi connectivity index (χ0v) is 12.6. The molecule has 0 saturated carbocycles. The summed E-state index contributed by atoms with van der Waals surface area (Å²) < 4.78 is 4.60. The molecule has 6 nitrogen and oxygen atoms in total. The summed E-state index contributed by atoms with van der Waals surface area (Å²) in [4.78, 5) is 29.7. The summed E-state index contributed by atoms with van der Waals surface area (Å²) in [7, 11) is 0. The maximum Gasteiger partial charge on any atom is 0.333 e. The Morgan fingerprint density at radius 3 is 1.33 bits per heavy atom. The molecular formula is C15H22O6. The lowest BCUT2D eigenvalue weighted by molar-refractivity contribution is -0.137. The van der Waals surface area contributed by atoms with Gasteiger partial charge in [0.25, 0.3) is 0 Å².